The summed E-state index contributed by atoms with van der Waals surface area (Å²) in [6, 6.07) is 4.68. The van der Waals surface area contributed by atoms with Crippen LogP contribution in [0.4, 0.5) is 4.39 Å². The first-order chi connectivity index (χ1) is 10.2. The van der Waals surface area contributed by atoms with E-state index in [2.05, 4.69) is 10.6 Å². The second-order valence-electron chi connectivity index (χ2n) is 6.02. The topological polar surface area (TPSA) is 41.1 Å². The van der Waals surface area contributed by atoms with Crippen molar-refractivity contribution in [3.63, 3.8) is 0 Å². The lowest BCUT2D eigenvalue weighted by Crippen LogP contribution is -2.28. The van der Waals surface area contributed by atoms with E-state index in [-0.39, 0.29) is 36.0 Å². The van der Waals surface area contributed by atoms with E-state index < -0.39 is 0 Å². The Hall–Kier alpha value is -0.840. The summed E-state index contributed by atoms with van der Waals surface area (Å²) >= 11 is 6.05. The first kappa shape index (κ1) is 17.5. The average Bonchev–Trinajstić information content (AvgIpc) is 3.05. The largest absolute Gasteiger partial charge is 0.356 e. The maximum absolute atomic E-state index is 13.8. The molecule has 1 saturated heterocycles. The minimum Gasteiger partial charge on any atom is -0.356 e. The van der Waals surface area contributed by atoms with Crippen molar-refractivity contribution in [3.8, 4) is 0 Å². The minimum atomic E-state index is -0.306. The van der Waals surface area contributed by atoms with Crippen molar-refractivity contribution in [2.75, 3.05) is 19.6 Å². The third-order valence-corrected chi connectivity index (χ3v) is 4.84. The van der Waals surface area contributed by atoms with Crippen LogP contribution in [0.2, 0.25) is 5.02 Å². The number of rotatable bonds is 5. The van der Waals surface area contributed by atoms with Gasteiger partial charge >= 0.3 is 0 Å². The summed E-state index contributed by atoms with van der Waals surface area (Å²) in [5.74, 6) is 0.208. The van der Waals surface area contributed by atoms with Crippen LogP contribution in [0.15, 0.2) is 18.2 Å². The van der Waals surface area contributed by atoms with Gasteiger partial charge in [-0.1, -0.05) is 17.7 Å². The molecule has 1 amide bonds. The third kappa shape index (κ3) is 3.92. The Bertz CT molecular complexity index is 515. The average molecular weight is 347 g/mol. The van der Waals surface area contributed by atoms with Crippen molar-refractivity contribution in [2.24, 2.45) is 11.8 Å². The molecule has 0 spiro atoms. The van der Waals surface area contributed by atoms with Crippen LogP contribution in [0.5, 0.6) is 0 Å². The number of carbonyl (C=O) groups is 1. The maximum Gasteiger partial charge on any atom is 0.223 e. The quantitative estimate of drug-likeness (QED) is 0.859. The standard InChI is InChI=1S/C16H20ClFN2O.ClH/c17-13-2-1-3-14(18)15(13)11-8-12(11)16(21)20-7-5-10-4-6-19-9-10;/h1-3,10-12,19H,4-9H2,(H,20,21);1H. The molecule has 2 fully saturated rings. The van der Waals surface area contributed by atoms with Crippen molar-refractivity contribution < 1.29 is 9.18 Å². The molecule has 3 atom stereocenters. The van der Waals surface area contributed by atoms with E-state index in [1.54, 1.807) is 12.1 Å². The van der Waals surface area contributed by atoms with Crippen molar-refractivity contribution in [1.82, 2.24) is 10.6 Å². The number of amides is 1. The van der Waals surface area contributed by atoms with Gasteiger partial charge in [-0.15, -0.1) is 12.4 Å². The predicted molar refractivity (Wildman–Crippen MR) is 88.1 cm³/mol. The van der Waals surface area contributed by atoms with Crippen LogP contribution in [0.25, 0.3) is 0 Å². The molecule has 0 aromatic heterocycles. The van der Waals surface area contributed by atoms with Crippen LogP contribution >= 0.6 is 24.0 Å². The van der Waals surface area contributed by atoms with Gasteiger partial charge in [-0.25, -0.2) is 4.39 Å². The molecule has 3 rings (SSSR count). The van der Waals surface area contributed by atoms with Gasteiger partial charge in [0.2, 0.25) is 5.91 Å². The molecular weight excluding hydrogens is 326 g/mol. The minimum absolute atomic E-state index is 0. The highest BCUT2D eigenvalue weighted by molar-refractivity contribution is 6.31. The first-order valence-corrected chi connectivity index (χ1v) is 7.97. The van der Waals surface area contributed by atoms with Crippen LogP contribution in [-0.2, 0) is 4.79 Å². The number of halogens is 3. The zero-order valence-corrected chi connectivity index (χ0v) is 13.9. The maximum atomic E-state index is 13.8. The molecule has 6 heteroatoms. The van der Waals surface area contributed by atoms with Gasteiger partial charge < -0.3 is 10.6 Å². The lowest BCUT2D eigenvalue weighted by atomic mass is 10.1. The lowest BCUT2D eigenvalue weighted by Gasteiger charge is -2.09. The van der Waals surface area contributed by atoms with Gasteiger partial charge in [0.1, 0.15) is 5.82 Å². The van der Waals surface area contributed by atoms with E-state index in [9.17, 15) is 9.18 Å². The summed E-state index contributed by atoms with van der Waals surface area (Å²) in [4.78, 5) is 12.1. The Balaban J connectivity index is 0.00000176. The zero-order valence-electron chi connectivity index (χ0n) is 12.3. The molecule has 1 aliphatic carbocycles. The highest BCUT2D eigenvalue weighted by Gasteiger charge is 2.46. The fourth-order valence-electron chi connectivity index (χ4n) is 3.16. The molecule has 1 heterocycles. The molecule has 2 N–H and O–H groups in total. The van der Waals surface area contributed by atoms with E-state index in [0.717, 1.165) is 19.5 Å². The summed E-state index contributed by atoms with van der Waals surface area (Å²) in [5.41, 5.74) is 0.499. The third-order valence-electron chi connectivity index (χ3n) is 4.51. The number of nitrogens with one attached hydrogen (secondary N) is 2. The highest BCUT2D eigenvalue weighted by atomic mass is 35.5. The number of hydrogen-bond acceptors (Lipinski definition) is 2. The van der Waals surface area contributed by atoms with E-state index >= 15 is 0 Å². The van der Waals surface area contributed by atoms with Crippen LogP contribution in [0.1, 0.15) is 30.7 Å². The van der Waals surface area contributed by atoms with Gasteiger partial charge in [0.25, 0.3) is 0 Å². The van der Waals surface area contributed by atoms with Gasteiger partial charge in [-0.2, -0.15) is 0 Å². The summed E-state index contributed by atoms with van der Waals surface area (Å²) in [5, 5.41) is 6.72. The van der Waals surface area contributed by atoms with Crippen molar-refractivity contribution in [3.05, 3.63) is 34.6 Å². The Morgan fingerprint density at radius 3 is 2.95 bits per heavy atom. The molecule has 122 valence electrons. The van der Waals surface area contributed by atoms with Crippen LogP contribution in [-0.4, -0.2) is 25.5 Å². The van der Waals surface area contributed by atoms with Gasteiger partial charge in [0.05, 0.1) is 0 Å². The molecule has 1 aromatic carbocycles. The fourth-order valence-corrected chi connectivity index (χ4v) is 3.46. The van der Waals surface area contributed by atoms with Crippen LogP contribution < -0.4 is 10.6 Å². The number of carbonyl (C=O) groups excluding carboxylic acids is 1. The second kappa shape index (κ2) is 7.62. The molecule has 1 aliphatic heterocycles. The van der Waals surface area contributed by atoms with Crippen molar-refractivity contribution in [2.45, 2.75) is 25.2 Å². The van der Waals surface area contributed by atoms with Gasteiger partial charge in [-0.3, -0.25) is 4.79 Å². The first-order valence-electron chi connectivity index (χ1n) is 7.59. The zero-order chi connectivity index (χ0) is 14.8. The lowest BCUT2D eigenvalue weighted by molar-refractivity contribution is -0.122. The molecule has 3 unspecified atom stereocenters. The molecular formula is C16H21Cl2FN2O. The summed E-state index contributed by atoms with van der Waals surface area (Å²) in [7, 11) is 0. The molecule has 0 bridgehead atoms. The molecule has 1 aromatic rings. The molecule has 1 saturated carbocycles. The fraction of sp³-hybridized carbons (Fsp3) is 0.562. The predicted octanol–water partition coefficient (Wildman–Crippen LogP) is 3.12. The van der Waals surface area contributed by atoms with E-state index in [4.69, 9.17) is 11.6 Å². The summed E-state index contributed by atoms with van der Waals surface area (Å²) < 4.78 is 13.8. The van der Waals surface area contributed by atoms with Crippen molar-refractivity contribution in [1.29, 1.82) is 0 Å². The number of hydrogen-bond donors (Lipinski definition) is 2. The summed E-state index contributed by atoms with van der Waals surface area (Å²) in [6.07, 6.45) is 2.89. The molecule has 22 heavy (non-hydrogen) atoms. The SMILES string of the molecule is Cl.O=C(NCCC1CCNC1)C1CC1c1c(F)cccc1Cl. The van der Waals surface area contributed by atoms with Crippen LogP contribution in [0, 0.1) is 17.7 Å². The van der Waals surface area contributed by atoms with Crippen molar-refractivity contribution >= 4 is 29.9 Å². The second-order valence-corrected chi connectivity index (χ2v) is 6.43. The summed E-state index contributed by atoms with van der Waals surface area (Å²) in [6.45, 7) is 2.83. The van der Waals surface area contributed by atoms with Gasteiger partial charge in [0, 0.05) is 29.0 Å². The van der Waals surface area contributed by atoms with E-state index in [1.807, 2.05) is 0 Å². The Morgan fingerprint density at radius 2 is 2.27 bits per heavy atom. The molecule has 0 radical (unpaired) electrons. The Labute approximate surface area is 141 Å². The Morgan fingerprint density at radius 1 is 1.45 bits per heavy atom. The van der Waals surface area contributed by atoms with E-state index in [1.165, 1.54) is 12.5 Å². The smallest absolute Gasteiger partial charge is 0.223 e. The number of benzene rings is 1. The van der Waals surface area contributed by atoms with E-state index in [0.29, 0.717) is 29.5 Å². The molecule has 3 nitrogen and oxygen atoms in total. The monoisotopic (exact) mass is 346 g/mol. The normalized spacial score (nSPS) is 26.4. The Kier molecular flexibility index (Phi) is 6.07. The van der Waals surface area contributed by atoms with Crippen LogP contribution in [0.3, 0.4) is 0 Å². The van der Waals surface area contributed by atoms with Gasteiger partial charge in [0.15, 0.2) is 0 Å². The molecule has 2 aliphatic rings. The van der Waals surface area contributed by atoms with Gasteiger partial charge in [-0.05, 0) is 50.4 Å². The highest BCUT2D eigenvalue weighted by Crippen LogP contribution is 2.50.